The van der Waals surface area contributed by atoms with Crippen LogP contribution in [-0.4, -0.2) is 30.8 Å². The van der Waals surface area contributed by atoms with Crippen LogP contribution < -0.4 is 11.0 Å². The molecule has 3 aromatic heterocycles. The Hall–Kier alpha value is -3.39. The minimum atomic E-state index is -0.192. The molecule has 0 aliphatic carbocycles. The number of nitrogens with one attached hydrogen (secondary N) is 1. The monoisotopic (exact) mass is 405 g/mol. The van der Waals surface area contributed by atoms with Crippen molar-refractivity contribution in [1.82, 2.24) is 19.2 Å². The van der Waals surface area contributed by atoms with E-state index in [1.807, 2.05) is 42.5 Å². The van der Waals surface area contributed by atoms with Crippen LogP contribution in [0.3, 0.4) is 0 Å². The van der Waals surface area contributed by atoms with E-state index in [4.69, 9.17) is 0 Å². The fourth-order valence-corrected chi connectivity index (χ4v) is 3.72. The molecule has 0 saturated carbocycles. The van der Waals surface area contributed by atoms with Gasteiger partial charge in [-0.05, 0) is 47.5 Å². The number of hydrogen-bond acceptors (Lipinski definition) is 5. The number of fused-ring (bicyclic) bond motifs is 1. The van der Waals surface area contributed by atoms with Gasteiger partial charge in [-0.25, -0.2) is 9.48 Å². The molecule has 0 unspecified atom stereocenters. The minimum Gasteiger partial charge on any atom is -0.325 e. The molecule has 0 bridgehead atoms. The summed E-state index contributed by atoms with van der Waals surface area (Å²) in [5.74, 6) is 1.05. The number of amides is 1. The molecular weight excluding hydrogens is 386 g/mol. The second-order valence-electron chi connectivity index (χ2n) is 6.47. The molecule has 8 heteroatoms. The Bertz CT molecular complexity index is 1190. The van der Waals surface area contributed by atoms with Crippen molar-refractivity contribution in [3.8, 4) is 0 Å². The number of hydrogen-bond donors (Lipinski definition) is 1. The van der Waals surface area contributed by atoms with Gasteiger partial charge in [-0.15, -0.1) is 16.9 Å². The maximum absolute atomic E-state index is 12.4. The van der Waals surface area contributed by atoms with Crippen LogP contribution >= 0.6 is 11.8 Å². The predicted molar refractivity (Wildman–Crippen MR) is 114 cm³/mol. The number of aromatic nitrogens is 4. The summed E-state index contributed by atoms with van der Waals surface area (Å²) in [4.78, 5) is 28.6. The van der Waals surface area contributed by atoms with E-state index in [1.54, 1.807) is 42.5 Å². The first-order chi connectivity index (χ1) is 14.2. The van der Waals surface area contributed by atoms with Crippen LogP contribution in [0.25, 0.3) is 5.65 Å². The lowest BCUT2D eigenvalue weighted by Gasteiger charge is -2.07. The van der Waals surface area contributed by atoms with Gasteiger partial charge in [0, 0.05) is 30.0 Å². The summed E-state index contributed by atoms with van der Waals surface area (Å²) < 4.78 is 2.92. The van der Waals surface area contributed by atoms with Gasteiger partial charge in [0.05, 0.1) is 12.3 Å². The summed E-state index contributed by atoms with van der Waals surface area (Å²) in [6, 6.07) is 16.8. The highest BCUT2D eigenvalue weighted by atomic mass is 32.2. The molecule has 0 fully saturated rings. The van der Waals surface area contributed by atoms with Crippen molar-refractivity contribution in [1.29, 1.82) is 0 Å². The molecule has 0 saturated heterocycles. The Morgan fingerprint density at radius 3 is 2.72 bits per heavy atom. The molecule has 1 N–H and O–H groups in total. The van der Waals surface area contributed by atoms with Crippen LogP contribution in [0.2, 0.25) is 0 Å². The molecule has 0 aliphatic heterocycles. The summed E-state index contributed by atoms with van der Waals surface area (Å²) >= 11 is 1.55. The van der Waals surface area contributed by atoms with E-state index in [0.29, 0.717) is 23.6 Å². The van der Waals surface area contributed by atoms with Crippen LogP contribution in [0.15, 0.2) is 78.0 Å². The van der Waals surface area contributed by atoms with Crippen LogP contribution in [0.4, 0.5) is 5.69 Å². The van der Waals surface area contributed by atoms with Crippen molar-refractivity contribution < 1.29 is 4.79 Å². The van der Waals surface area contributed by atoms with Gasteiger partial charge in [0.2, 0.25) is 5.91 Å². The molecule has 3 heterocycles. The van der Waals surface area contributed by atoms with E-state index in [0.717, 1.165) is 16.9 Å². The average Bonchev–Trinajstić information content (AvgIpc) is 3.05. The summed E-state index contributed by atoms with van der Waals surface area (Å²) in [5, 5.41) is 7.25. The van der Waals surface area contributed by atoms with E-state index in [2.05, 4.69) is 15.4 Å². The normalized spacial score (nSPS) is 10.9. The minimum absolute atomic E-state index is 0.0638. The first-order valence-electron chi connectivity index (χ1n) is 9.09. The first-order valence-corrected chi connectivity index (χ1v) is 10.2. The molecule has 1 aromatic carbocycles. The zero-order chi connectivity index (χ0) is 20.1. The molecule has 7 nitrogen and oxygen atoms in total. The SMILES string of the molecule is O=C(CSCc1ccncc1)Nc1cccc(Cn2nc3ccccn3c2=O)c1. The van der Waals surface area contributed by atoms with Crippen LogP contribution in [-0.2, 0) is 17.1 Å². The van der Waals surface area contributed by atoms with Crippen LogP contribution in [0.1, 0.15) is 11.1 Å². The molecule has 0 radical (unpaired) electrons. The van der Waals surface area contributed by atoms with Crippen molar-refractivity contribution in [2.24, 2.45) is 0 Å². The van der Waals surface area contributed by atoms with Crippen molar-refractivity contribution in [2.45, 2.75) is 12.3 Å². The fraction of sp³-hybridized carbons (Fsp3) is 0.143. The standard InChI is InChI=1S/C21H19N5O2S/c27-20(15-29-14-16-7-9-22-10-8-16)23-18-5-3-4-17(12-18)13-26-21(28)25-11-2-1-6-19(25)24-26/h1-12H,13-15H2,(H,23,27). The number of anilines is 1. The third kappa shape index (κ3) is 4.72. The number of rotatable bonds is 7. The van der Waals surface area contributed by atoms with Gasteiger partial charge in [-0.3, -0.25) is 14.2 Å². The highest BCUT2D eigenvalue weighted by molar-refractivity contribution is 7.99. The number of benzene rings is 1. The number of thioether (sulfide) groups is 1. The summed E-state index contributed by atoms with van der Waals surface area (Å²) in [7, 11) is 0. The fourth-order valence-electron chi connectivity index (χ4n) is 2.93. The molecule has 0 spiro atoms. The van der Waals surface area contributed by atoms with Crippen molar-refractivity contribution in [3.05, 3.63) is 94.8 Å². The first kappa shape index (κ1) is 18.9. The van der Waals surface area contributed by atoms with Gasteiger partial charge in [-0.1, -0.05) is 18.2 Å². The maximum Gasteiger partial charge on any atom is 0.350 e. The van der Waals surface area contributed by atoms with E-state index >= 15 is 0 Å². The summed E-state index contributed by atoms with van der Waals surface area (Å²) in [6.07, 6.45) is 5.19. The zero-order valence-corrected chi connectivity index (χ0v) is 16.4. The second kappa shape index (κ2) is 8.74. The van der Waals surface area contributed by atoms with Crippen LogP contribution in [0.5, 0.6) is 0 Å². The lowest BCUT2D eigenvalue weighted by atomic mass is 10.2. The van der Waals surface area contributed by atoms with E-state index in [9.17, 15) is 9.59 Å². The Labute approximate surface area is 171 Å². The van der Waals surface area contributed by atoms with Gasteiger partial charge >= 0.3 is 5.69 Å². The molecule has 0 atom stereocenters. The topological polar surface area (TPSA) is 81.3 Å². The average molecular weight is 405 g/mol. The predicted octanol–water partition coefficient (Wildman–Crippen LogP) is 2.81. The Kier molecular flexibility index (Phi) is 5.71. The third-order valence-corrected chi connectivity index (χ3v) is 5.29. The molecule has 1 amide bonds. The van der Waals surface area contributed by atoms with E-state index in [-0.39, 0.29) is 11.6 Å². The van der Waals surface area contributed by atoms with Crippen molar-refractivity contribution in [3.63, 3.8) is 0 Å². The zero-order valence-electron chi connectivity index (χ0n) is 15.6. The van der Waals surface area contributed by atoms with Gasteiger partial charge in [-0.2, -0.15) is 0 Å². The summed E-state index contributed by atoms with van der Waals surface area (Å²) in [5.41, 5.74) is 3.14. The number of nitrogens with zero attached hydrogens (tertiary/aromatic N) is 4. The molecular formula is C21H19N5O2S. The van der Waals surface area contributed by atoms with Gasteiger partial charge in [0.25, 0.3) is 0 Å². The lowest BCUT2D eigenvalue weighted by Crippen LogP contribution is -2.21. The second-order valence-corrected chi connectivity index (χ2v) is 7.45. The lowest BCUT2D eigenvalue weighted by molar-refractivity contribution is -0.113. The largest absolute Gasteiger partial charge is 0.350 e. The van der Waals surface area contributed by atoms with Gasteiger partial charge in [0.1, 0.15) is 0 Å². The van der Waals surface area contributed by atoms with Crippen LogP contribution in [0, 0.1) is 0 Å². The smallest absolute Gasteiger partial charge is 0.325 e. The van der Waals surface area contributed by atoms with Gasteiger partial charge in [0.15, 0.2) is 5.65 Å². The highest BCUT2D eigenvalue weighted by Crippen LogP contribution is 2.14. The molecule has 4 aromatic rings. The Morgan fingerprint density at radius 2 is 1.90 bits per heavy atom. The number of carbonyl (C=O) groups is 1. The van der Waals surface area contributed by atoms with E-state index < -0.39 is 0 Å². The number of pyridine rings is 2. The quantitative estimate of drug-likeness (QED) is 0.511. The highest BCUT2D eigenvalue weighted by Gasteiger charge is 2.08. The molecule has 146 valence electrons. The van der Waals surface area contributed by atoms with Crippen molar-refractivity contribution >= 4 is 29.0 Å². The molecule has 4 rings (SSSR count). The number of carbonyl (C=O) groups excluding carboxylic acids is 1. The molecule has 29 heavy (non-hydrogen) atoms. The maximum atomic E-state index is 12.4. The Morgan fingerprint density at radius 1 is 1.03 bits per heavy atom. The van der Waals surface area contributed by atoms with Gasteiger partial charge < -0.3 is 5.32 Å². The van der Waals surface area contributed by atoms with Crippen molar-refractivity contribution in [2.75, 3.05) is 11.1 Å². The third-order valence-electron chi connectivity index (χ3n) is 4.28. The molecule has 0 aliphatic rings. The van der Waals surface area contributed by atoms with E-state index in [1.165, 1.54) is 9.08 Å². The summed E-state index contributed by atoms with van der Waals surface area (Å²) in [6.45, 7) is 0.334. The Balaban J connectivity index is 1.37.